The van der Waals surface area contributed by atoms with E-state index in [1.54, 1.807) is 0 Å². The molecule has 1 aromatic heterocycles. The molecule has 0 saturated carbocycles. The number of aromatic nitrogens is 2. The molecule has 0 spiro atoms. The summed E-state index contributed by atoms with van der Waals surface area (Å²) < 4.78 is 0. The van der Waals surface area contributed by atoms with Gasteiger partial charge in [0.15, 0.2) is 0 Å². The van der Waals surface area contributed by atoms with Crippen LogP contribution in [-0.4, -0.2) is 27.7 Å². The van der Waals surface area contributed by atoms with Gasteiger partial charge in [-0.3, -0.25) is 5.10 Å². The molecular formula is C16H23N3S. The monoisotopic (exact) mass is 289 g/mol. The first-order chi connectivity index (χ1) is 9.81. The Morgan fingerprint density at radius 2 is 2.10 bits per heavy atom. The fraction of sp³-hybridized carbons (Fsp3) is 0.438. The first kappa shape index (κ1) is 15.1. The van der Waals surface area contributed by atoms with Gasteiger partial charge in [-0.1, -0.05) is 37.3 Å². The standard InChI is InChI=1S/C16H23N3S/c1-3-20-10-9-13(2)17-11-15-12-18-19-16(15)14-7-5-4-6-8-14/h4-8,12-13,17H,3,9-11H2,1-2H3,(H,18,19). The normalized spacial score (nSPS) is 12.5. The van der Waals surface area contributed by atoms with E-state index in [9.17, 15) is 0 Å². The van der Waals surface area contributed by atoms with Crippen molar-refractivity contribution < 1.29 is 0 Å². The molecule has 1 atom stereocenters. The molecule has 20 heavy (non-hydrogen) atoms. The van der Waals surface area contributed by atoms with E-state index in [0.717, 1.165) is 12.2 Å². The molecule has 0 aliphatic rings. The van der Waals surface area contributed by atoms with Crippen LogP contribution in [0.15, 0.2) is 36.5 Å². The highest BCUT2D eigenvalue weighted by molar-refractivity contribution is 7.99. The number of H-pyrrole nitrogens is 1. The highest BCUT2D eigenvalue weighted by atomic mass is 32.2. The van der Waals surface area contributed by atoms with Crippen molar-refractivity contribution in [3.63, 3.8) is 0 Å². The van der Waals surface area contributed by atoms with E-state index in [1.165, 1.54) is 29.1 Å². The SMILES string of the molecule is CCSCCC(C)NCc1cn[nH]c1-c1ccccc1. The maximum absolute atomic E-state index is 4.18. The molecule has 0 aliphatic heterocycles. The maximum Gasteiger partial charge on any atom is 0.0695 e. The van der Waals surface area contributed by atoms with Crippen molar-refractivity contribution in [1.82, 2.24) is 15.5 Å². The lowest BCUT2D eigenvalue weighted by molar-refractivity contribution is 0.538. The van der Waals surface area contributed by atoms with Gasteiger partial charge in [-0.2, -0.15) is 16.9 Å². The minimum atomic E-state index is 0.535. The second-order valence-electron chi connectivity index (χ2n) is 4.90. The van der Waals surface area contributed by atoms with Gasteiger partial charge < -0.3 is 5.32 Å². The number of rotatable bonds is 8. The van der Waals surface area contributed by atoms with Crippen molar-refractivity contribution in [2.45, 2.75) is 32.9 Å². The minimum absolute atomic E-state index is 0.535. The van der Waals surface area contributed by atoms with Crippen LogP contribution < -0.4 is 5.32 Å². The molecule has 2 aromatic rings. The summed E-state index contributed by atoms with van der Waals surface area (Å²) in [7, 11) is 0. The van der Waals surface area contributed by atoms with Crippen LogP contribution in [0.3, 0.4) is 0 Å². The lowest BCUT2D eigenvalue weighted by Gasteiger charge is -2.13. The third-order valence-electron chi connectivity index (χ3n) is 3.32. The molecule has 0 saturated heterocycles. The lowest BCUT2D eigenvalue weighted by Crippen LogP contribution is -2.26. The topological polar surface area (TPSA) is 40.7 Å². The van der Waals surface area contributed by atoms with Crippen LogP contribution in [0.5, 0.6) is 0 Å². The minimum Gasteiger partial charge on any atom is -0.310 e. The van der Waals surface area contributed by atoms with Crippen LogP contribution in [0.4, 0.5) is 0 Å². The van der Waals surface area contributed by atoms with Crippen molar-refractivity contribution in [2.75, 3.05) is 11.5 Å². The van der Waals surface area contributed by atoms with E-state index in [4.69, 9.17) is 0 Å². The van der Waals surface area contributed by atoms with E-state index in [0.29, 0.717) is 6.04 Å². The molecule has 0 aliphatic carbocycles. The van der Waals surface area contributed by atoms with Crippen LogP contribution in [-0.2, 0) is 6.54 Å². The Balaban J connectivity index is 1.90. The molecule has 108 valence electrons. The average Bonchev–Trinajstić information content (AvgIpc) is 2.95. The number of hydrogen-bond acceptors (Lipinski definition) is 3. The molecule has 4 heteroatoms. The second-order valence-corrected chi connectivity index (χ2v) is 6.30. The highest BCUT2D eigenvalue weighted by Gasteiger charge is 2.08. The first-order valence-corrected chi connectivity index (χ1v) is 8.35. The van der Waals surface area contributed by atoms with Gasteiger partial charge in [-0.15, -0.1) is 0 Å². The lowest BCUT2D eigenvalue weighted by atomic mass is 10.1. The Morgan fingerprint density at radius 1 is 1.30 bits per heavy atom. The predicted molar refractivity (Wildman–Crippen MR) is 87.9 cm³/mol. The summed E-state index contributed by atoms with van der Waals surface area (Å²) in [5.74, 6) is 2.42. The molecule has 0 fully saturated rings. The van der Waals surface area contributed by atoms with Crippen LogP contribution in [0.25, 0.3) is 11.3 Å². The van der Waals surface area contributed by atoms with Gasteiger partial charge in [0.1, 0.15) is 0 Å². The zero-order valence-electron chi connectivity index (χ0n) is 12.2. The molecular weight excluding hydrogens is 266 g/mol. The van der Waals surface area contributed by atoms with E-state index < -0.39 is 0 Å². The van der Waals surface area contributed by atoms with Gasteiger partial charge in [-0.25, -0.2) is 0 Å². The van der Waals surface area contributed by atoms with Crippen LogP contribution >= 0.6 is 11.8 Å². The van der Waals surface area contributed by atoms with Crippen LogP contribution in [0, 0.1) is 0 Å². The molecule has 1 heterocycles. The van der Waals surface area contributed by atoms with Gasteiger partial charge in [0, 0.05) is 18.2 Å². The first-order valence-electron chi connectivity index (χ1n) is 7.20. The van der Waals surface area contributed by atoms with Gasteiger partial charge >= 0.3 is 0 Å². The maximum atomic E-state index is 4.18. The van der Waals surface area contributed by atoms with E-state index in [1.807, 2.05) is 24.0 Å². The summed E-state index contributed by atoms with van der Waals surface area (Å²) in [4.78, 5) is 0. The summed E-state index contributed by atoms with van der Waals surface area (Å²) in [5.41, 5.74) is 3.54. The number of aromatic amines is 1. The summed E-state index contributed by atoms with van der Waals surface area (Å²) in [6.45, 7) is 5.32. The van der Waals surface area contributed by atoms with Gasteiger partial charge in [0.25, 0.3) is 0 Å². The van der Waals surface area contributed by atoms with Crippen molar-refractivity contribution in [3.8, 4) is 11.3 Å². The van der Waals surface area contributed by atoms with Crippen LogP contribution in [0.1, 0.15) is 25.8 Å². The summed E-state index contributed by atoms with van der Waals surface area (Å²) in [5, 5.41) is 10.9. The molecule has 2 N–H and O–H groups in total. The molecule has 1 unspecified atom stereocenters. The van der Waals surface area contributed by atoms with Crippen molar-refractivity contribution >= 4 is 11.8 Å². The van der Waals surface area contributed by atoms with Crippen molar-refractivity contribution in [2.24, 2.45) is 0 Å². The highest BCUT2D eigenvalue weighted by Crippen LogP contribution is 2.20. The van der Waals surface area contributed by atoms with Crippen molar-refractivity contribution in [1.29, 1.82) is 0 Å². The van der Waals surface area contributed by atoms with Gasteiger partial charge in [0.2, 0.25) is 0 Å². The molecule has 0 radical (unpaired) electrons. The second kappa shape index (κ2) is 8.12. The summed E-state index contributed by atoms with van der Waals surface area (Å²) in [6, 6.07) is 10.9. The molecule has 2 rings (SSSR count). The fourth-order valence-electron chi connectivity index (χ4n) is 2.09. The Labute approximate surface area is 125 Å². The number of hydrogen-bond donors (Lipinski definition) is 2. The zero-order valence-corrected chi connectivity index (χ0v) is 13.0. The Morgan fingerprint density at radius 3 is 2.85 bits per heavy atom. The van der Waals surface area contributed by atoms with Gasteiger partial charge in [0.05, 0.1) is 11.9 Å². The quantitative estimate of drug-likeness (QED) is 0.728. The smallest absolute Gasteiger partial charge is 0.0695 e. The Bertz CT molecular complexity index is 495. The average molecular weight is 289 g/mol. The number of nitrogens with zero attached hydrogens (tertiary/aromatic N) is 1. The number of benzene rings is 1. The number of nitrogens with one attached hydrogen (secondary N) is 2. The van der Waals surface area contributed by atoms with Gasteiger partial charge in [-0.05, 0) is 30.4 Å². The number of thioether (sulfide) groups is 1. The Hall–Kier alpha value is -1.26. The Kier molecular flexibility index (Phi) is 6.15. The third kappa shape index (κ3) is 4.39. The largest absolute Gasteiger partial charge is 0.310 e. The van der Waals surface area contributed by atoms with E-state index in [-0.39, 0.29) is 0 Å². The van der Waals surface area contributed by atoms with Crippen molar-refractivity contribution in [3.05, 3.63) is 42.1 Å². The zero-order chi connectivity index (χ0) is 14.2. The summed E-state index contributed by atoms with van der Waals surface area (Å²) in [6.07, 6.45) is 3.12. The summed E-state index contributed by atoms with van der Waals surface area (Å²) >= 11 is 2.00. The molecule has 0 amide bonds. The molecule has 1 aromatic carbocycles. The molecule has 0 bridgehead atoms. The predicted octanol–water partition coefficient (Wildman–Crippen LogP) is 3.70. The third-order valence-corrected chi connectivity index (χ3v) is 4.25. The fourth-order valence-corrected chi connectivity index (χ4v) is 2.90. The molecule has 3 nitrogen and oxygen atoms in total. The van der Waals surface area contributed by atoms with E-state index >= 15 is 0 Å². The van der Waals surface area contributed by atoms with Crippen LogP contribution in [0.2, 0.25) is 0 Å². The van der Waals surface area contributed by atoms with E-state index in [2.05, 4.69) is 53.6 Å².